The smallest absolute Gasteiger partial charge is 0.326 e. The van der Waals surface area contributed by atoms with Gasteiger partial charge in [-0.2, -0.15) is 0 Å². The van der Waals surface area contributed by atoms with Gasteiger partial charge in [0.05, 0.1) is 6.04 Å². The predicted octanol–water partition coefficient (Wildman–Crippen LogP) is 0.339. The number of hydrogen-bond donors (Lipinski definition) is 3. The lowest BCUT2D eigenvalue weighted by molar-refractivity contribution is -0.142. The zero-order valence-electron chi connectivity index (χ0n) is 9.49. The predicted molar refractivity (Wildman–Crippen MR) is 57.3 cm³/mol. The van der Waals surface area contributed by atoms with Crippen LogP contribution in [0.5, 0.6) is 0 Å². The summed E-state index contributed by atoms with van der Waals surface area (Å²) in [6.45, 7) is 5.62. The molecule has 0 spiro atoms. The lowest BCUT2D eigenvalue weighted by atomic mass is 10.0. The first-order valence-electron chi connectivity index (χ1n) is 5.17. The second-order valence-electron chi connectivity index (χ2n) is 4.04. The van der Waals surface area contributed by atoms with E-state index in [9.17, 15) is 9.59 Å². The number of hydrogen-bond acceptors (Lipinski definition) is 3. The van der Waals surface area contributed by atoms with Crippen LogP contribution < -0.4 is 11.1 Å². The van der Waals surface area contributed by atoms with Crippen LogP contribution in [0.15, 0.2) is 0 Å². The zero-order valence-corrected chi connectivity index (χ0v) is 9.49. The van der Waals surface area contributed by atoms with Crippen molar-refractivity contribution in [1.82, 2.24) is 5.32 Å². The molecule has 0 saturated heterocycles. The average Bonchev–Trinajstić information content (AvgIpc) is 2.11. The first kappa shape index (κ1) is 13.9. The van der Waals surface area contributed by atoms with Crippen LogP contribution in [0.3, 0.4) is 0 Å². The molecule has 4 N–H and O–H groups in total. The van der Waals surface area contributed by atoms with Gasteiger partial charge in [-0.3, -0.25) is 4.79 Å². The van der Waals surface area contributed by atoms with Crippen LogP contribution in [0.1, 0.15) is 33.6 Å². The molecule has 0 aliphatic carbocycles. The van der Waals surface area contributed by atoms with Gasteiger partial charge in [-0.15, -0.1) is 0 Å². The molecule has 0 saturated carbocycles. The van der Waals surface area contributed by atoms with E-state index in [1.807, 2.05) is 13.8 Å². The van der Waals surface area contributed by atoms with Crippen molar-refractivity contribution < 1.29 is 14.7 Å². The molecule has 0 fully saturated rings. The van der Waals surface area contributed by atoms with Crippen molar-refractivity contribution in [3.05, 3.63) is 0 Å². The van der Waals surface area contributed by atoms with E-state index in [0.29, 0.717) is 18.8 Å². The molecule has 0 aliphatic rings. The van der Waals surface area contributed by atoms with E-state index >= 15 is 0 Å². The van der Waals surface area contributed by atoms with E-state index < -0.39 is 24.0 Å². The van der Waals surface area contributed by atoms with Gasteiger partial charge in [0.1, 0.15) is 6.04 Å². The number of rotatable bonds is 6. The maximum absolute atomic E-state index is 11.5. The highest BCUT2D eigenvalue weighted by atomic mass is 16.4. The summed E-state index contributed by atoms with van der Waals surface area (Å²) in [6, 6.07) is -1.46. The number of nitrogens with one attached hydrogen (secondary N) is 1. The number of carboxylic acids is 1. The summed E-state index contributed by atoms with van der Waals surface area (Å²) < 4.78 is 0. The molecule has 88 valence electrons. The molecular formula is C10H20N2O3. The van der Waals surface area contributed by atoms with Gasteiger partial charge >= 0.3 is 5.97 Å². The molecule has 0 aromatic rings. The van der Waals surface area contributed by atoms with E-state index in [0.717, 1.165) is 0 Å². The molecule has 0 bridgehead atoms. The van der Waals surface area contributed by atoms with Crippen LogP contribution >= 0.6 is 0 Å². The number of carboxylic acid groups (broad SMARTS) is 1. The summed E-state index contributed by atoms with van der Waals surface area (Å²) in [5.41, 5.74) is 5.62. The number of carbonyl (C=O) groups is 2. The molecule has 2 atom stereocenters. The Morgan fingerprint density at radius 3 is 2.27 bits per heavy atom. The molecule has 0 aliphatic heterocycles. The molecular weight excluding hydrogens is 196 g/mol. The van der Waals surface area contributed by atoms with Crippen molar-refractivity contribution >= 4 is 11.9 Å². The SMILES string of the molecule is CCC(NC(=O)[C@@H](N)CC(C)C)C(=O)O. The quantitative estimate of drug-likeness (QED) is 0.597. The van der Waals surface area contributed by atoms with Crippen LogP contribution in [0, 0.1) is 5.92 Å². The van der Waals surface area contributed by atoms with E-state index in [-0.39, 0.29) is 0 Å². The Hall–Kier alpha value is -1.10. The minimum Gasteiger partial charge on any atom is -0.480 e. The highest BCUT2D eigenvalue weighted by molar-refractivity contribution is 5.86. The number of aliphatic carboxylic acids is 1. The normalized spacial score (nSPS) is 14.7. The highest BCUT2D eigenvalue weighted by Gasteiger charge is 2.21. The molecule has 0 heterocycles. The maximum Gasteiger partial charge on any atom is 0.326 e. The lowest BCUT2D eigenvalue weighted by Gasteiger charge is -2.17. The Labute approximate surface area is 90.0 Å². The minimum absolute atomic E-state index is 0.315. The largest absolute Gasteiger partial charge is 0.480 e. The Morgan fingerprint density at radius 2 is 1.93 bits per heavy atom. The number of carbonyl (C=O) groups excluding carboxylic acids is 1. The molecule has 0 aromatic carbocycles. The third-order valence-electron chi connectivity index (χ3n) is 2.08. The first-order valence-corrected chi connectivity index (χ1v) is 5.17. The second-order valence-corrected chi connectivity index (χ2v) is 4.04. The zero-order chi connectivity index (χ0) is 12.0. The lowest BCUT2D eigenvalue weighted by Crippen LogP contribution is -2.48. The summed E-state index contributed by atoms with van der Waals surface area (Å²) in [6.07, 6.45) is 0.914. The standard InChI is InChI=1S/C10H20N2O3/c1-4-8(10(14)15)12-9(13)7(11)5-6(2)3/h6-8H,4-5,11H2,1-3H3,(H,12,13)(H,14,15)/t7-,8?/m0/s1. The minimum atomic E-state index is -1.03. The van der Waals surface area contributed by atoms with Gasteiger partial charge in [0.15, 0.2) is 0 Å². The van der Waals surface area contributed by atoms with Gasteiger partial charge in [-0.1, -0.05) is 20.8 Å². The summed E-state index contributed by atoms with van der Waals surface area (Å²) in [4.78, 5) is 22.1. The van der Waals surface area contributed by atoms with Gasteiger partial charge in [-0.05, 0) is 18.8 Å². The van der Waals surface area contributed by atoms with Gasteiger partial charge in [0.2, 0.25) is 5.91 Å². The Bertz CT molecular complexity index is 229. The van der Waals surface area contributed by atoms with Crippen molar-refractivity contribution in [1.29, 1.82) is 0 Å². The van der Waals surface area contributed by atoms with E-state index in [4.69, 9.17) is 10.8 Å². The molecule has 0 rings (SSSR count). The highest BCUT2D eigenvalue weighted by Crippen LogP contribution is 2.03. The fourth-order valence-electron chi connectivity index (χ4n) is 1.23. The van der Waals surface area contributed by atoms with Crippen molar-refractivity contribution in [2.75, 3.05) is 0 Å². The van der Waals surface area contributed by atoms with Gasteiger partial charge in [-0.25, -0.2) is 4.79 Å². The van der Waals surface area contributed by atoms with E-state index in [2.05, 4.69) is 5.32 Å². The number of nitrogens with two attached hydrogens (primary N) is 1. The van der Waals surface area contributed by atoms with Crippen molar-refractivity contribution in [2.24, 2.45) is 11.7 Å². The Morgan fingerprint density at radius 1 is 1.40 bits per heavy atom. The topological polar surface area (TPSA) is 92.4 Å². The maximum atomic E-state index is 11.5. The summed E-state index contributed by atoms with van der Waals surface area (Å²) in [5, 5.41) is 11.1. The monoisotopic (exact) mass is 216 g/mol. The van der Waals surface area contributed by atoms with E-state index in [1.165, 1.54) is 0 Å². The Kier molecular flexibility index (Phi) is 5.93. The van der Waals surface area contributed by atoms with Crippen LogP contribution in [-0.4, -0.2) is 29.1 Å². The molecule has 0 radical (unpaired) electrons. The van der Waals surface area contributed by atoms with Crippen molar-refractivity contribution in [3.8, 4) is 0 Å². The number of amides is 1. The fraction of sp³-hybridized carbons (Fsp3) is 0.800. The molecule has 1 amide bonds. The summed E-state index contributed by atoms with van der Waals surface area (Å²) >= 11 is 0. The van der Waals surface area contributed by atoms with Crippen LogP contribution in [0.2, 0.25) is 0 Å². The Balaban J connectivity index is 4.16. The summed E-state index contributed by atoms with van der Waals surface area (Å²) in [5.74, 6) is -1.10. The van der Waals surface area contributed by atoms with Crippen LogP contribution in [-0.2, 0) is 9.59 Å². The van der Waals surface area contributed by atoms with Gasteiger partial charge in [0, 0.05) is 0 Å². The van der Waals surface area contributed by atoms with Crippen LogP contribution in [0.25, 0.3) is 0 Å². The molecule has 5 nitrogen and oxygen atoms in total. The second kappa shape index (κ2) is 6.40. The molecule has 1 unspecified atom stereocenters. The molecule has 5 heteroatoms. The summed E-state index contributed by atoms with van der Waals surface area (Å²) in [7, 11) is 0. The van der Waals surface area contributed by atoms with E-state index in [1.54, 1.807) is 6.92 Å². The van der Waals surface area contributed by atoms with Gasteiger partial charge in [0.25, 0.3) is 0 Å². The molecule has 15 heavy (non-hydrogen) atoms. The third-order valence-corrected chi connectivity index (χ3v) is 2.08. The third kappa shape index (κ3) is 5.37. The molecule has 0 aromatic heterocycles. The van der Waals surface area contributed by atoms with Crippen molar-refractivity contribution in [2.45, 2.75) is 45.7 Å². The fourth-order valence-corrected chi connectivity index (χ4v) is 1.23. The van der Waals surface area contributed by atoms with Crippen LogP contribution in [0.4, 0.5) is 0 Å². The first-order chi connectivity index (χ1) is 6.88. The van der Waals surface area contributed by atoms with Gasteiger partial charge < -0.3 is 16.2 Å². The average molecular weight is 216 g/mol. The van der Waals surface area contributed by atoms with Crippen molar-refractivity contribution in [3.63, 3.8) is 0 Å².